The first kappa shape index (κ1) is 16.1. The summed E-state index contributed by atoms with van der Waals surface area (Å²) in [4.78, 5) is 0.134. The van der Waals surface area contributed by atoms with Crippen LogP contribution in [-0.2, 0) is 10.0 Å². The van der Waals surface area contributed by atoms with Crippen molar-refractivity contribution >= 4 is 21.6 Å². The molecule has 5 nitrogen and oxygen atoms in total. The average molecular weight is 354 g/mol. The van der Waals surface area contributed by atoms with Gasteiger partial charge in [-0.05, 0) is 42.8 Å². The summed E-state index contributed by atoms with van der Waals surface area (Å²) in [7, 11) is -3.66. The normalized spacial score (nSPS) is 15.2. The van der Waals surface area contributed by atoms with E-state index < -0.39 is 16.1 Å². The maximum atomic E-state index is 12.4. The molecule has 2 aromatic rings. The number of ether oxygens (including phenoxy) is 2. The molecule has 23 heavy (non-hydrogen) atoms. The third-order valence-corrected chi connectivity index (χ3v) is 5.28. The smallest absolute Gasteiger partial charge is 0.241 e. The van der Waals surface area contributed by atoms with Gasteiger partial charge < -0.3 is 9.47 Å². The van der Waals surface area contributed by atoms with Crippen molar-refractivity contribution < 1.29 is 17.9 Å². The van der Waals surface area contributed by atoms with Crippen molar-refractivity contribution in [2.45, 2.75) is 17.9 Å². The Labute approximate surface area is 140 Å². The molecule has 0 bridgehead atoms. The van der Waals surface area contributed by atoms with Crippen molar-refractivity contribution in [1.29, 1.82) is 0 Å². The Morgan fingerprint density at radius 1 is 1.09 bits per heavy atom. The van der Waals surface area contributed by atoms with Crippen LogP contribution >= 0.6 is 11.6 Å². The van der Waals surface area contributed by atoms with E-state index in [-0.39, 0.29) is 4.90 Å². The van der Waals surface area contributed by atoms with Crippen molar-refractivity contribution in [3.05, 3.63) is 53.1 Å². The van der Waals surface area contributed by atoms with Crippen LogP contribution in [0.3, 0.4) is 0 Å². The molecule has 1 aliphatic rings. The van der Waals surface area contributed by atoms with E-state index in [0.717, 1.165) is 5.56 Å². The van der Waals surface area contributed by atoms with Gasteiger partial charge in [-0.2, -0.15) is 0 Å². The highest BCUT2D eigenvalue weighted by atomic mass is 35.5. The standard InChI is InChI=1S/C16H16ClNO4S/c1-11(12-5-6-15-16(9-12)22-8-7-21-15)18-23(19,20)14-4-2-3-13(17)10-14/h2-6,9-11,18H,7-8H2,1H3. The zero-order valence-corrected chi connectivity index (χ0v) is 14.0. The Morgan fingerprint density at radius 3 is 2.57 bits per heavy atom. The van der Waals surface area contributed by atoms with Crippen LogP contribution < -0.4 is 14.2 Å². The first-order valence-corrected chi connectivity index (χ1v) is 8.99. The van der Waals surface area contributed by atoms with Crippen LogP contribution in [0.1, 0.15) is 18.5 Å². The highest BCUT2D eigenvalue weighted by Crippen LogP contribution is 2.33. The zero-order valence-electron chi connectivity index (χ0n) is 12.5. The number of halogens is 1. The molecule has 2 aromatic carbocycles. The van der Waals surface area contributed by atoms with Crippen LogP contribution in [0.15, 0.2) is 47.4 Å². The number of benzene rings is 2. The number of rotatable bonds is 4. The Bertz CT molecular complexity index is 823. The molecule has 7 heteroatoms. The second-order valence-electron chi connectivity index (χ2n) is 5.20. The van der Waals surface area contributed by atoms with Crippen LogP contribution in [0.5, 0.6) is 11.5 Å². The van der Waals surface area contributed by atoms with E-state index in [2.05, 4.69) is 4.72 Å². The largest absolute Gasteiger partial charge is 0.486 e. The summed E-state index contributed by atoms with van der Waals surface area (Å²) < 4.78 is 38.5. The summed E-state index contributed by atoms with van der Waals surface area (Å²) in [5.74, 6) is 1.30. The van der Waals surface area contributed by atoms with Gasteiger partial charge in [0.1, 0.15) is 13.2 Å². The predicted molar refractivity (Wildman–Crippen MR) is 87.6 cm³/mol. The second kappa shape index (κ2) is 6.39. The summed E-state index contributed by atoms with van der Waals surface area (Å²) in [5, 5.41) is 0.375. The third-order valence-electron chi connectivity index (χ3n) is 3.50. The lowest BCUT2D eigenvalue weighted by Crippen LogP contribution is -2.27. The van der Waals surface area contributed by atoms with Gasteiger partial charge >= 0.3 is 0 Å². The van der Waals surface area contributed by atoms with E-state index in [4.69, 9.17) is 21.1 Å². The minimum atomic E-state index is -3.66. The maximum absolute atomic E-state index is 12.4. The molecular formula is C16H16ClNO4S. The molecule has 1 aliphatic heterocycles. The van der Waals surface area contributed by atoms with E-state index in [1.54, 1.807) is 31.2 Å². The molecule has 0 amide bonds. The average Bonchev–Trinajstić information content (AvgIpc) is 2.54. The lowest BCUT2D eigenvalue weighted by Gasteiger charge is -2.21. The van der Waals surface area contributed by atoms with Crippen LogP contribution in [0.25, 0.3) is 0 Å². The van der Waals surface area contributed by atoms with Gasteiger partial charge in [-0.1, -0.05) is 23.7 Å². The van der Waals surface area contributed by atoms with Crippen molar-refractivity contribution in [3.8, 4) is 11.5 Å². The van der Waals surface area contributed by atoms with E-state index in [1.807, 2.05) is 6.07 Å². The fraction of sp³-hybridized carbons (Fsp3) is 0.250. The zero-order chi connectivity index (χ0) is 16.4. The van der Waals surface area contributed by atoms with Crippen molar-refractivity contribution in [3.63, 3.8) is 0 Å². The van der Waals surface area contributed by atoms with Gasteiger partial charge in [0.05, 0.1) is 4.90 Å². The summed E-state index contributed by atoms with van der Waals surface area (Å²) in [6.07, 6.45) is 0. The Balaban J connectivity index is 1.82. The Kier molecular flexibility index (Phi) is 4.48. The monoisotopic (exact) mass is 353 g/mol. The molecule has 0 saturated carbocycles. The molecule has 0 fully saturated rings. The van der Waals surface area contributed by atoms with Crippen molar-refractivity contribution in [2.75, 3.05) is 13.2 Å². The lowest BCUT2D eigenvalue weighted by molar-refractivity contribution is 0.171. The molecule has 0 aromatic heterocycles. The second-order valence-corrected chi connectivity index (χ2v) is 7.35. The summed E-state index contributed by atoms with van der Waals surface area (Å²) in [6.45, 7) is 2.77. The molecule has 1 unspecified atom stereocenters. The van der Waals surface area contributed by atoms with Gasteiger partial charge in [-0.3, -0.25) is 0 Å². The third kappa shape index (κ3) is 3.60. The molecule has 1 N–H and O–H groups in total. The molecule has 0 aliphatic carbocycles. The number of nitrogens with one attached hydrogen (secondary N) is 1. The van der Waals surface area contributed by atoms with Crippen LogP contribution in [-0.4, -0.2) is 21.6 Å². The fourth-order valence-corrected chi connectivity index (χ4v) is 3.86. The number of sulfonamides is 1. The maximum Gasteiger partial charge on any atom is 0.241 e. The van der Waals surface area contributed by atoms with Gasteiger partial charge in [-0.15, -0.1) is 0 Å². The van der Waals surface area contributed by atoms with Crippen LogP contribution in [0.4, 0.5) is 0 Å². The summed E-state index contributed by atoms with van der Waals surface area (Å²) >= 11 is 5.86. The van der Waals surface area contributed by atoms with E-state index in [1.165, 1.54) is 12.1 Å². The SMILES string of the molecule is CC(NS(=O)(=O)c1cccc(Cl)c1)c1ccc2c(c1)OCCO2. The predicted octanol–water partition coefficient (Wildman–Crippen LogP) is 3.15. The molecule has 122 valence electrons. The highest BCUT2D eigenvalue weighted by molar-refractivity contribution is 7.89. The number of hydrogen-bond donors (Lipinski definition) is 1. The molecule has 0 radical (unpaired) electrons. The summed E-state index contributed by atoms with van der Waals surface area (Å²) in [5.41, 5.74) is 0.792. The first-order chi connectivity index (χ1) is 11.0. The van der Waals surface area contributed by atoms with Gasteiger partial charge in [0, 0.05) is 11.1 Å². The van der Waals surface area contributed by atoms with Gasteiger partial charge in [0.15, 0.2) is 11.5 Å². The molecule has 1 heterocycles. The van der Waals surface area contributed by atoms with Crippen LogP contribution in [0.2, 0.25) is 5.02 Å². The topological polar surface area (TPSA) is 64.6 Å². The fourth-order valence-electron chi connectivity index (χ4n) is 2.33. The molecule has 0 spiro atoms. The number of fused-ring (bicyclic) bond motifs is 1. The van der Waals surface area contributed by atoms with Gasteiger partial charge in [-0.25, -0.2) is 13.1 Å². The van der Waals surface area contributed by atoms with E-state index in [9.17, 15) is 8.42 Å². The number of hydrogen-bond acceptors (Lipinski definition) is 4. The minimum Gasteiger partial charge on any atom is -0.486 e. The minimum absolute atomic E-state index is 0.134. The summed E-state index contributed by atoms with van der Waals surface area (Å²) in [6, 6.07) is 11.1. The van der Waals surface area contributed by atoms with Crippen molar-refractivity contribution in [2.24, 2.45) is 0 Å². The quantitative estimate of drug-likeness (QED) is 0.917. The van der Waals surface area contributed by atoms with Crippen LogP contribution in [0, 0.1) is 0 Å². The molecule has 1 atom stereocenters. The Morgan fingerprint density at radius 2 is 1.83 bits per heavy atom. The molecule has 0 saturated heterocycles. The molecular weight excluding hydrogens is 338 g/mol. The lowest BCUT2D eigenvalue weighted by atomic mass is 10.1. The first-order valence-electron chi connectivity index (χ1n) is 7.13. The van der Waals surface area contributed by atoms with Gasteiger partial charge in [0.2, 0.25) is 10.0 Å². The molecule has 3 rings (SSSR count). The highest BCUT2D eigenvalue weighted by Gasteiger charge is 2.20. The van der Waals surface area contributed by atoms with E-state index >= 15 is 0 Å². The Hall–Kier alpha value is -1.76. The van der Waals surface area contributed by atoms with Crippen molar-refractivity contribution in [1.82, 2.24) is 4.72 Å². The van der Waals surface area contributed by atoms with E-state index in [0.29, 0.717) is 29.7 Å². The van der Waals surface area contributed by atoms with Gasteiger partial charge in [0.25, 0.3) is 0 Å².